The third-order valence-electron chi connectivity index (χ3n) is 3.73. The van der Waals surface area contributed by atoms with Gasteiger partial charge in [0.15, 0.2) is 0 Å². The van der Waals surface area contributed by atoms with Crippen molar-refractivity contribution in [3.05, 3.63) is 29.8 Å². The Balaban J connectivity index is 1.93. The van der Waals surface area contributed by atoms with Gasteiger partial charge in [-0.1, -0.05) is 37.5 Å². The van der Waals surface area contributed by atoms with Gasteiger partial charge in [-0.25, -0.2) is 0 Å². The summed E-state index contributed by atoms with van der Waals surface area (Å²) < 4.78 is 5.33. The van der Waals surface area contributed by atoms with Crippen LogP contribution in [0.2, 0.25) is 0 Å². The summed E-state index contributed by atoms with van der Waals surface area (Å²) in [5.41, 5.74) is 1.15. The smallest absolute Gasteiger partial charge is 0.123 e. The molecule has 0 saturated heterocycles. The van der Waals surface area contributed by atoms with Crippen molar-refractivity contribution in [3.8, 4) is 5.75 Å². The van der Waals surface area contributed by atoms with Crippen molar-refractivity contribution in [3.63, 3.8) is 0 Å². The molecule has 2 rings (SSSR count). The third kappa shape index (κ3) is 3.47. The van der Waals surface area contributed by atoms with E-state index in [1.165, 1.54) is 12.8 Å². The van der Waals surface area contributed by atoms with Crippen LogP contribution in [-0.2, 0) is 6.54 Å². The van der Waals surface area contributed by atoms with E-state index in [0.29, 0.717) is 0 Å². The second-order valence-corrected chi connectivity index (χ2v) is 5.00. The Kier molecular flexibility index (Phi) is 5.02. The number of nitrogens with one attached hydrogen (secondary N) is 1. The average Bonchev–Trinajstić information content (AvgIpc) is 2.61. The standard InChI is InChI=1S/C15H23NO2/c1-18-15-10-6-5-7-12(15)11-16-13-8-3-2-4-9-14(13)17/h5-7,10,13-14,16-17H,2-4,8-9,11H2,1H3. The van der Waals surface area contributed by atoms with Gasteiger partial charge in [0.1, 0.15) is 5.75 Å². The first-order chi connectivity index (χ1) is 8.81. The van der Waals surface area contributed by atoms with Crippen molar-refractivity contribution >= 4 is 0 Å². The molecule has 0 amide bonds. The molecule has 1 saturated carbocycles. The molecule has 3 heteroatoms. The summed E-state index contributed by atoms with van der Waals surface area (Å²) in [5, 5.41) is 13.5. The molecule has 1 aliphatic rings. The topological polar surface area (TPSA) is 41.5 Å². The SMILES string of the molecule is COc1ccccc1CNC1CCCCCC1O. The van der Waals surface area contributed by atoms with Gasteiger partial charge in [-0.05, 0) is 18.9 Å². The zero-order valence-electron chi connectivity index (χ0n) is 11.1. The van der Waals surface area contributed by atoms with Gasteiger partial charge in [-0.2, -0.15) is 0 Å². The minimum absolute atomic E-state index is 0.206. The molecule has 0 bridgehead atoms. The Morgan fingerprint density at radius 1 is 1.22 bits per heavy atom. The van der Waals surface area contributed by atoms with Gasteiger partial charge >= 0.3 is 0 Å². The summed E-state index contributed by atoms with van der Waals surface area (Å²) in [6.45, 7) is 0.756. The molecule has 0 aliphatic heterocycles. The summed E-state index contributed by atoms with van der Waals surface area (Å²) in [7, 11) is 1.69. The fraction of sp³-hybridized carbons (Fsp3) is 0.600. The number of rotatable bonds is 4. The van der Waals surface area contributed by atoms with Crippen LogP contribution in [0.3, 0.4) is 0 Å². The maximum Gasteiger partial charge on any atom is 0.123 e. The van der Waals surface area contributed by atoms with Gasteiger partial charge in [0.2, 0.25) is 0 Å². The summed E-state index contributed by atoms with van der Waals surface area (Å²) in [6, 6.07) is 8.25. The minimum Gasteiger partial charge on any atom is -0.496 e. The van der Waals surface area contributed by atoms with Crippen molar-refractivity contribution in [2.75, 3.05) is 7.11 Å². The van der Waals surface area contributed by atoms with Crippen molar-refractivity contribution < 1.29 is 9.84 Å². The van der Waals surface area contributed by atoms with Gasteiger partial charge in [0.05, 0.1) is 13.2 Å². The van der Waals surface area contributed by atoms with E-state index in [4.69, 9.17) is 4.74 Å². The normalized spacial score (nSPS) is 24.6. The highest BCUT2D eigenvalue weighted by Gasteiger charge is 2.21. The van der Waals surface area contributed by atoms with E-state index in [1.54, 1.807) is 7.11 Å². The quantitative estimate of drug-likeness (QED) is 0.806. The van der Waals surface area contributed by atoms with Crippen LogP contribution in [-0.4, -0.2) is 24.4 Å². The number of benzene rings is 1. The molecule has 1 aromatic rings. The Hall–Kier alpha value is -1.06. The largest absolute Gasteiger partial charge is 0.496 e. The fourth-order valence-corrected chi connectivity index (χ4v) is 2.62. The highest BCUT2D eigenvalue weighted by molar-refractivity contribution is 5.33. The van der Waals surface area contributed by atoms with Crippen LogP contribution >= 0.6 is 0 Å². The van der Waals surface area contributed by atoms with Crippen LogP contribution < -0.4 is 10.1 Å². The van der Waals surface area contributed by atoms with Crippen molar-refractivity contribution in [2.45, 2.75) is 50.8 Å². The molecule has 2 N–H and O–H groups in total. The minimum atomic E-state index is -0.206. The van der Waals surface area contributed by atoms with Crippen LogP contribution in [0.4, 0.5) is 0 Å². The Labute approximate surface area is 109 Å². The average molecular weight is 249 g/mol. The zero-order chi connectivity index (χ0) is 12.8. The summed E-state index contributed by atoms with van der Waals surface area (Å²) in [4.78, 5) is 0. The van der Waals surface area contributed by atoms with E-state index in [1.807, 2.05) is 18.2 Å². The first kappa shape index (κ1) is 13.4. The number of aliphatic hydroxyl groups is 1. The summed E-state index contributed by atoms with van der Waals surface area (Å²) in [5.74, 6) is 0.910. The molecule has 0 aromatic heterocycles. The van der Waals surface area contributed by atoms with E-state index in [-0.39, 0.29) is 12.1 Å². The molecule has 1 fully saturated rings. The number of ether oxygens (including phenoxy) is 1. The summed E-state index contributed by atoms with van der Waals surface area (Å²) >= 11 is 0. The van der Waals surface area contributed by atoms with Crippen LogP contribution in [0.25, 0.3) is 0 Å². The number of para-hydroxylation sites is 1. The fourth-order valence-electron chi connectivity index (χ4n) is 2.62. The zero-order valence-corrected chi connectivity index (χ0v) is 11.1. The number of aliphatic hydroxyl groups excluding tert-OH is 1. The van der Waals surface area contributed by atoms with Gasteiger partial charge < -0.3 is 15.2 Å². The van der Waals surface area contributed by atoms with Crippen molar-refractivity contribution in [2.24, 2.45) is 0 Å². The molecule has 2 atom stereocenters. The Bertz CT molecular complexity index is 367. The lowest BCUT2D eigenvalue weighted by molar-refractivity contribution is 0.119. The lowest BCUT2D eigenvalue weighted by atomic mass is 10.1. The molecule has 100 valence electrons. The molecule has 0 radical (unpaired) electrons. The lowest BCUT2D eigenvalue weighted by Crippen LogP contribution is -2.38. The molecular formula is C15H23NO2. The molecule has 18 heavy (non-hydrogen) atoms. The van der Waals surface area contributed by atoms with Gasteiger partial charge in [0, 0.05) is 18.2 Å². The number of methoxy groups -OCH3 is 1. The molecular weight excluding hydrogens is 226 g/mol. The molecule has 0 spiro atoms. The van der Waals surface area contributed by atoms with Gasteiger partial charge in [-0.3, -0.25) is 0 Å². The lowest BCUT2D eigenvalue weighted by Gasteiger charge is -2.22. The van der Waals surface area contributed by atoms with Crippen molar-refractivity contribution in [1.29, 1.82) is 0 Å². The first-order valence-corrected chi connectivity index (χ1v) is 6.84. The first-order valence-electron chi connectivity index (χ1n) is 6.84. The number of hydrogen-bond donors (Lipinski definition) is 2. The summed E-state index contributed by atoms with van der Waals surface area (Å²) in [6.07, 6.45) is 5.38. The van der Waals surface area contributed by atoms with Crippen LogP contribution in [0.15, 0.2) is 24.3 Å². The Morgan fingerprint density at radius 2 is 2.00 bits per heavy atom. The van der Waals surface area contributed by atoms with Gasteiger partial charge in [-0.15, -0.1) is 0 Å². The molecule has 3 nitrogen and oxygen atoms in total. The molecule has 1 aromatic carbocycles. The monoisotopic (exact) mass is 249 g/mol. The second-order valence-electron chi connectivity index (χ2n) is 5.00. The maximum absolute atomic E-state index is 10.1. The van der Waals surface area contributed by atoms with E-state index >= 15 is 0 Å². The molecule has 2 unspecified atom stereocenters. The second kappa shape index (κ2) is 6.76. The number of hydrogen-bond acceptors (Lipinski definition) is 3. The molecule has 0 heterocycles. The Morgan fingerprint density at radius 3 is 2.83 bits per heavy atom. The molecule has 1 aliphatic carbocycles. The van der Waals surface area contributed by atoms with Gasteiger partial charge in [0.25, 0.3) is 0 Å². The van der Waals surface area contributed by atoms with Crippen LogP contribution in [0.1, 0.15) is 37.7 Å². The highest BCUT2D eigenvalue weighted by atomic mass is 16.5. The van der Waals surface area contributed by atoms with Crippen molar-refractivity contribution in [1.82, 2.24) is 5.32 Å². The van der Waals surface area contributed by atoms with E-state index in [0.717, 1.165) is 37.1 Å². The predicted molar refractivity (Wildman–Crippen MR) is 72.7 cm³/mol. The van der Waals surface area contributed by atoms with E-state index < -0.39 is 0 Å². The maximum atomic E-state index is 10.1. The van der Waals surface area contributed by atoms with E-state index in [9.17, 15) is 5.11 Å². The van der Waals surface area contributed by atoms with E-state index in [2.05, 4.69) is 11.4 Å². The van der Waals surface area contributed by atoms with Crippen LogP contribution in [0.5, 0.6) is 5.75 Å². The third-order valence-corrected chi connectivity index (χ3v) is 3.73. The predicted octanol–water partition coefficient (Wildman–Crippen LogP) is 2.48. The van der Waals surface area contributed by atoms with Crippen LogP contribution in [0, 0.1) is 0 Å². The highest BCUT2D eigenvalue weighted by Crippen LogP contribution is 2.20.